The van der Waals surface area contributed by atoms with Crippen LogP contribution in [0.15, 0.2) is 0 Å². The molecule has 0 aliphatic heterocycles. The fourth-order valence-electron chi connectivity index (χ4n) is 3.32. The van der Waals surface area contributed by atoms with Gasteiger partial charge in [0.15, 0.2) is 5.60 Å². The van der Waals surface area contributed by atoms with Crippen molar-refractivity contribution in [1.82, 2.24) is 0 Å². The second-order valence-corrected chi connectivity index (χ2v) is 13.2. The molecule has 0 heterocycles. The Morgan fingerprint density at radius 2 is 0.935 bits per heavy atom. The van der Waals surface area contributed by atoms with Crippen LogP contribution in [0.2, 0.25) is 0 Å². The van der Waals surface area contributed by atoms with Crippen LogP contribution in [-0.2, 0) is 19.1 Å². The average Bonchev–Trinajstić information content (AvgIpc) is 2.84. The van der Waals surface area contributed by atoms with Crippen LogP contribution in [-0.4, -0.2) is 69.8 Å². The van der Waals surface area contributed by atoms with Gasteiger partial charge >= 0.3 is 36.6 Å². The summed E-state index contributed by atoms with van der Waals surface area (Å²) in [5.74, 6) is -3.36. The molecule has 0 amide bonds. The Balaban J connectivity index is 0. The molecule has 0 aromatic rings. The molecule has 0 radical (unpaired) electrons. The topological polar surface area (TPSA) is 93.1 Å². The Morgan fingerprint density at radius 1 is 0.609 bits per heavy atom. The SMILES string of the molecule is CCC(C)(C)C(=O)OC(C)(C)C(O)(C(F)(F)F)C(F)(F)F.CCC(C)(C)C(=O)OC(CC(O)(C(F)(F)F)C(F)(F)F)C(C)C(C)C. The van der Waals surface area contributed by atoms with E-state index < -0.39 is 82.7 Å². The Bertz CT molecular complexity index is 980. The van der Waals surface area contributed by atoms with Gasteiger partial charge in [0.05, 0.1) is 10.8 Å². The van der Waals surface area contributed by atoms with Crippen LogP contribution < -0.4 is 0 Å². The van der Waals surface area contributed by atoms with Crippen molar-refractivity contribution in [3.63, 3.8) is 0 Å². The highest BCUT2D eigenvalue weighted by Gasteiger charge is 2.79. The van der Waals surface area contributed by atoms with Crippen molar-refractivity contribution in [3.8, 4) is 0 Å². The Kier molecular flexibility index (Phi) is 14.7. The molecular formula is C28H44F12O6. The van der Waals surface area contributed by atoms with Crippen molar-refractivity contribution < 1.29 is 82.0 Å². The van der Waals surface area contributed by atoms with E-state index in [0.29, 0.717) is 13.8 Å². The van der Waals surface area contributed by atoms with E-state index in [1.54, 1.807) is 20.8 Å². The maximum Gasteiger partial charge on any atom is 0.430 e. The molecule has 0 aliphatic rings. The number of hydrogen-bond acceptors (Lipinski definition) is 6. The first-order valence-corrected chi connectivity index (χ1v) is 14.0. The molecule has 0 fully saturated rings. The predicted molar refractivity (Wildman–Crippen MR) is 141 cm³/mol. The molecule has 46 heavy (non-hydrogen) atoms. The number of halogens is 12. The Morgan fingerprint density at radius 3 is 1.20 bits per heavy atom. The summed E-state index contributed by atoms with van der Waals surface area (Å²) in [6.45, 7) is 14.0. The van der Waals surface area contributed by atoms with E-state index in [-0.39, 0.29) is 18.8 Å². The maximum atomic E-state index is 13.0. The first-order valence-electron chi connectivity index (χ1n) is 14.0. The highest BCUT2D eigenvalue weighted by Crippen LogP contribution is 2.51. The van der Waals surface area contributed by atoms with E-state index >= 15 is 0 Å². The molecule has 18 heteroatoms. The van der Waals surface area contributed by atoms with Gasteiger partial charge in [-0.25, -0.2) is 0 Å². The first kappa shape index (κ1) is 46.1. The molecule has 0 bridgehead atoms. The number of esters is 2. The highest BCUT2D eigenvalue weighted by molar-refractivity contribution is 5.76. The van der Waals surface area contributed by atoms with Gasteiger partial charge in [0.25, 0.3) is 11.2 Å². The lowest BCUT2D eigenvalue weighted by Crippen LogP contribution is -2.70. The number of carbonyl (C=O) groups excluding carboxylic acids is 2. The second kappa shape index (κ2) is 14.6. The molecule has 0 spiro atoms. The zero-order chi connectivity index (χ0) is 37.9. The summed E-state index contributed by atoms with van der Waals surface area (Å²) in [7, 11) is 0. The summed E-state index contributed by atoms with van der Waals surface area (Å²) < 4.78 is 164. The van der Waals surface area contributed by atoms with Gasteiger partial charge in [-0.15, -0.1) is 0 Å². The molecule has 0 saturated heterocycles. The van der Waals surface area contributed by atoms with Crippen LogP contribution >= 0.6 is 0 Å². The van der Waals surface area contributed by atoms with Crippen LogP contribution in [0.1, 0.15) is 95.4 Å². The summed E-state index contributed by atoms with van der Waals surface area (Å²) in [5, 5.41) is 18.7. The summed E-state index contributed by atoms with van der Waals surface area (Å²) in [6.07, 6.45) is -27.1. The molecule has 2 N–H and O–H groups in total. The first-order chi connectivity index (χ1) is 19.8. The van der Waals surface area contributed by atoms with Gasteiger partial charge in [-0.1, -0.05) is 34.6 Å². The molecule has 0 aliphatic carbocycles. The van der Waals surface area contributed by atoms with Crippen molar-refractivity contribution in [2.45, 2.75) is 143 Å². The van der Waals surface area contributed by atoms with Gasteiger partial charge in [-0.3, -0.25) is 9.59 Å². The molecule has 2 atom stereocenters. The largest absolute Gasteiger partial charge is 0.462 e. The van der Waals surface area contributed by atoms with Crippen molar-refractivity contribution in [2.24, 2.45) is 22.7 Å². The molecular weight excluding hydrogens is 660 g/mol. The number of rotatable bonds is 11. The molecule has 0 aromatic heterocycles. The van der Waals surface area contributed by atoms with Crippen LogP contribution in [0, 0.1) is 22.7 Å². The summed E-state index contributed by atoms with van der Waals surface area (Å²) >= 11 is 0. The third-order valence-corrected chi connectivity index (χ3v) is 8.24. The van der Waals surface area contributed by atoms with Crippen molar-refractivity contribution in [3.05, 3.63) is 0 Å². The molecule has 2 unspecified atom stereocenters. The standard InChI is InChI=1S/C16H26F6O3.C12H18F6O3/c1-7-13(5,6)12(23)25-11(10(4)9(2)3)8-14(24,15(17,18)19)16(20,21)22;1-6-8(2,3)7(19)21-9(4,5)10(20,11(13,14)15)12(16,17)18/h9-11,24H,7-8H2,1-6H3;20H,6H2,1-5H3. The zero-order valence-electron chi connectivity index (χ0n) is 27.4. The third-order valence-electron chi connectivity index (χ3n) is 8.24. The van der Waals surface area contributed by atoms with E-state index in [1.807, 2.05) is 0 Å². The number of ether oxygens (including phenoxy) is 2. The number of hydrogen-bond donors (Lipinski definition) is 2. The summed E-state index contributed by atoms with van der Waals surface area (Å²) in [4.78, 5) is 23.9. The average molecular weight is 705 g/mol. The van der Waals surface area contributed by atoms with E-state index in [9.17, 15) is 72.5 Å². The molecule has 6 nitrogen and oxygen atoms in total. The quantitative estimate of drug-likeness (QED) is 0.166. The van der Waals surface area contributed by atoms with E-state index in [0.717, 1.165) is 0 Å². The molecule has 0 saturated carbocycles. The summed E-state index contributed by atoms with van der Waals surface area (Å²) in [6, 6.07) is 0. The fourth-order valence-corrected chi connectivity index (χ4v) is 3.32. The van der Waals surface area contributed by atoms with Crippen molar-refractivity contribution in [1.29, 1.82) is 0 Å². The van der Waals surface area contributed by atoms with Crippen LogP contribution in [0.25, 0.3) is 0 Å². The minimum absolute atomic E-state index is 0.137. The molecule has 0 rings (SSSR count). The molecule has 276 valence electrons. The van der Waals surface area contributed by atoms with Crippen molar-refractivity contribution >= 4 is 11.9 Å². The Hall–Kier alpha value is -1.98. The van der Waals surface area contributed by atoms with Crippen LogP contribution in [0.5, 0.6) is 0 Å². The van der Waals surface area contributed by atoms with Gasteiger partial charge < -0.3 is 19.7 Å². The second-order valence-electron chi connectivity index (χ2n) is 13.2. The lowest BCUT2D eigenvalue weighted by Gasteiger charge is -2.44. The van der Waals surface area contributed by atoms with Crippen molar-refractivity contribution in [2.75, 3.05) is 0 Å². The van der Waals surface area contributed by atoms with Crippen LogP contribution in [0.3, 0.4) is 0 Å². The highest BCUT2D eigenvalue weighted by atomic mass is 19.4. The monoisotopic (exact) mass is 704 g/mol. The number of alkyl halides is 12. The van der Waals surface area contributed by atoms with Gasteiger partial charge in [0.2, 0.25) is 0 Å². The number of aliphatic hydroxyl groups is 2. The van der Waals surface area contributed by atoms with E-state index in [4.69, 9.17) is 4.74 Å². The van der Waals surface area contributed by atoms with E-state index in [1.165, 1.54) is 41.5 Å². The number of carbonyl (C=O) groups is 2. The molecule has 0 aromatic carbocycles. The fraction of sp³-hybridized carbons (Fsp3) is 0.929. The third kappa shape index (κ3) is 10.3. The Labute approximate surface area is 260 Å². The van der Waals surface area contributed by atoms with Gasteiger partial charge in [-0.05, 0) is 66.2 Å². The normalized spacial score (nSPS) is 16.0. The maximum absolute atomic E-state index is 13.0. The minimum atomic E-state index is -6.06. The predicted octanol–water partition coefficient (Wildman–Crippen LogP) is 8.47. The van der Waals surface area contributed by atoms with Gasteiger partial charge in [-0.2, -0.15) is 52.7 Å². The van der Waals surface area contributed by atoms with Crippen LogP contribution in [0.4, 0.5) is 52.7 Å². The lowest BCUT2D eigenvalue weighted by molar-refractivity contribution is -0.408. The van der Waals surface area contributed by atoms with E-state index in [2.05, 4.69) is 4.74 Å². The smallest absolute Gasteiger partial charge is 0.430 e. The minimum Gasteiger partial charge on any atom is -0.462 e. The van der Waals surface area contributed by atoms with Gasteiger partial charge in [0, 0.05) is 6.42 Å². The summed E-state index contributed by atoms with van der Waals surface area (Å²) in [5.41, 5.74) is -15.7. The zero-order valence-corrected chi connectivity index (χ0v) is 27.4. The van der Waals surface area contributed by atoms with Gasteiger partial charge in [0.1, 0.15) is 6.10 Å². The lowest BCUT2D eigenvalue weighted by atomic mass is 9.83.